The van der Waals surface area contributed by atoms with Crippen LogP contribution in [0.3, 0.4) is 0 Å². The van der Waals surface area contributed by atoms with Crippen LogP contribution in [-0.4, -0.2) is 33.8 Å². The molecule has 0 saturated heterocycles. The maximum atomic E-state index is 5.36. The molecule has 0 bridgehead atoms. The molecule has 0 radical (unpaired) electrons. The van der Waals surface area contributed by atoms with E-state index in [1.54, 1.807) is 7.11 Å². The van der Waals surface area contributed by atoms with Crippen molar-refractivity contribution in [2.75, 3.05) is 33.8 Å². The fourth-order valence-corrected chi connectivity index (χ4v) is 2.23. The summed E-state index contributed by atoms with van der Waals surface area (Å²) in [5.74, 6) is 2.37. The van der Waals surface area contributed by atoms with Gasteiger partial charge >= 0.3 is 0 Å². The van der Waals surface area contributed by atoms with E-state index in [4.69, 9.17) is 4.74 Å². The van der Waals surface area contributed by atoms with Crippen LogP contribution >= 0.6 is 0 Å². The van der Waals surface area contributed by atoms with Crippen molar-refractivity contribution in [1.82, 2.24) is 10.6 Å². The maximum absolute atomic E-state index is 5.36. The van der Waals surface area contributed by atoms with E-state index in [1.165, 1.54) is 5.56 Å². The lowest BCUT2D eigenvalue weighted by Gasteiger charge is -2.21. The Hall–Kier alpha value is -1.06. The van der Waals surface area contributed by atoms with Gasteiger partial charge in [-0.25, -0.2) is 0 Å². The molecule has 1 aromatic rings. The van der Waals surface area contributed by atoms with Gasteiger partial charge in [-0.15, -0.1) is 0 Å². The van der Waals surface area contributed by atoms with Crippen molar-refractivity contribution in [3.63, 3.8) is 0 Å². The molecule has 0 heterocycles. The molecule has 0 saturated carbocycles. The molecular weight excluding hydrogens is 236 g/mol. The minimum Gasteiger partial charge on any atom is -0.496 e. The molecule has 1 atom stereocenters. The first-order chi connectivity index (χ1) is 9.19. The molecule has 0 spiro atoms. The van der Waals surface area contributed by atoms with Gasteiger partial charge < -0.3 is 15.4 Å². The third-order valence-electron chi connectivity index (χ3n) is 3.58. The number of rotatable bonds is 9. The van der Waals surface area contributed by atoms with Crippen LogP contribution < -0.4 is 15.4 Å². The molecule has 3 heteroatoms. The van der Waals surface area contributed by atoms with Gasteiger partial charge in [-0.3, -0.25) is 0 Å². The highest BCUT2D eigenvalue weighted by Crippen LogP contribution is 2.17. The highest BCUT2D eigenvalue weighted by atomic mass is 16.5. The van der Waals surface area contributed by atoms with Crippen LogP contribution in [0.1, 0.15) is 19.4 Å². The number of nitrogens with one attached hydrogen (secondary N) is 2. The van der Waals surface area contributed by atoms with Crippen LogP contribution in [0.15, 0.2) is 24.3 Å². The summed E-state index contributed by atoms with van der Waals surface area (Å²) in [6.45, 7) is 7.69. The molecule has 0 amide bonds. The SMILES string of the molecule is CNCC(CNCCc1ccccc1OC)C(C)C. The molecule has 1 rings (SSSR count). The predicted molar refractivity (Wildman–Crippen MR) is 81.8 cm³/mol. The van der Waals surface area contributed by atoms with Crippen molar-refractivity contribution >= 4 is 0 Å². The quantitative estimate of drug-likeness (QED) is 0.672. The van der Waals surface area contributed by atoms with Crippen LogP contribution in [0.2, 0.25) is 0 Å². The van der Waals surface area contributed by atoms with Crippen molar-refractivity contribution < 1.29 is 4.74 Å². The van der Waals surface area contributed by atoms with E-state index >= 15 is 0 Å². The van der Waals surface area contributed by atoms with E-state index in [9.17, 15) is 0 Å². The summed E-state index contributed by atoms with van der Waals surface area (Å²) in [5, 5.41) is 6.82. The number of hydrogen-bond donors (Lipinski definition) is 2. The Balaban J connectivity index is 2.33. The molecule has 2 N–H and O–H groups in total. The standard InChI is InChI=1S/C16H28N2O/c1-13(2)15(11-17-3)12-18-10-9-14-7-5-6-8-16(14)19-4/h5-8,13,15,17-18H,9-12H2,1-4H3. The van der Waals surface area contributed by atoms with Gasteiger partial charge in [0.15, 0.2) is 0 Å². The van der Waals surface area contributed by atoms with Gasteiger partial charge in [0.05, 0.1) is 7.11 Å². The Bertz CT molecular complexity index is 352. The Morgan fingerprint density at radius 1 is 1.16 bits per heavy atom. The summed E-state index contributed by atoms with van der Waals surface area (Å²) in [6, 6.07) is 8.23. The molecule has 1 aromatic carbocycles. The summed E-state index contributed by atoms with van der Waals surface area (Å²) in [7, 11) is 3.75. The first-order valence-corrected chi connectivity index (χ1v) is 7.16. The van der Waals surface area contributed by atoms with Crippen molar-refractivity contribution in [1.29, 1.82) is 0 Å². The highest BCUT2D eigenvalue weighted by molar-refractivity contribution is 5.33. The maximum Gasteiger partial charge on any atom is 0.122 e. The molecule has 0 aliphatic heterocycles. The Morgan fingerprint density at radius 3 is 2.53 bits per heavy atom. The van der Waals surface area contributed by atoms with E-state index < -0.39 is 0 Å². The summed E-state index contributed by atoms with van der Waals surface area (Å²) >= 11 is 0. The number of benzene rings is 1. The first kappa shape index (κ1) is 16.0. The fraction of sp³-hybridized carbons (Fsp3) is 0.625. The number of para-hydroxylation sites is 1. The largest absolute Gasteiger partial charge is 0.496 e. The monoisotopic (exact) mass is 264 g/mol. The van der Waals surface area contributed by atoms with Crippen molar-refractivity contribution in [2.24, 2.45) is 11.8 Å². The molecule has 1 unspecified atom stereocenters. The second kappa shape index (κ2) is 8.94. The second-order valence-electron chi connectivity index (χ2n) is 5.33. The first-order valence-electron chi connectivity index (χ1n) is 7.16. The van der Waals surface area contributed by atoms with E-state index in [1.807, 2.05) is 19.2 Å². The van der Waals surface area contributed by atoms with Gasteiger partial charge in [0, 0.05) is 0 Å². The minimum atomic E-state index is 0.683. The Labute approximate surface area is 117 Å². The highest BCUT2D eigenvalue weighted by Gasteiger charge is 2.11. The van der Waals surface area contributed by atoms with E-state index in [-0.39, 0.29) is 0 Å². The molecule has 108 valence electrons. The lowest BCUT2D eigenvalue weighted by Crippen LogP contribution is -2.34. The van der Waals surface area contributed by atoms with Gasteiger partial charge in [0.25, 0.3) is 0 Å². The second-order valence-corrected chi connectivity index (χ2v) is 5.33. The third-order valence-corrected chi connectivity index (χ3v) is 3.58. The Morgan fingerprint density at radius 2 is 1.89 bits per heavy atom. The molecule has 3 nitrogen and oxygen atoms in total. The van der Waals surface area contributed by atoms with Gasteiger partial charge in [-0.1, -0.05) is 32.0 Å². The third kappa shape index (κ3) is 5.62. The van der Waals surface area contributed by atoms with E-state index in [0.717, 1.165) is 31.8 Å². The lowest BCUT2D eigenvalue weighted by atomic mass is 9.96. The van der Waals surface area contributed by atoms with Gasteiger partial charge in [0.2, 0.25) is 0 Å². The topological polar surface area (TPSA) is 33.3 Å². The van der Waals surface area contributed by atoms with Crippen LogP contribution in [0, 0.1) is 11.8 Å². The van der Waals surface area contributed by atoms with Crippen LogP contribution in [-0.2, 0) is 6.42 Å². The normalized spacial score (nSPS) is 12.7. The number of ether oxygens (including phenoxy) is 1. The van der Waals surface area contributed by atoms with Crippen molar-refractivity contribution in [2.45, 2.75) is 20.3 Å². The number of hydrogen-bond acceptors (Lipinski definition) is 3. The van der Waals surface area contributed by atoms with E-state index in [2.05, 4.69) is 36.6 Å². The molecule has 0 aliphatic carbocycles. The van der Waals surface area contributed by atoms with Gasteiger partial charge in [-0.05, 0) is 56.6 Å². The Kier molecular flexibility index (Phi) is 7.53. The summed E-state index contributed by atoms with van der Waals surface area (Å²) in [5.41, 5.74) is 1.27. The smallest absolute Gasteiger partial charge is 0.122 e. The van der Waals surface area contributed by atoms with Gasteiger partial charge in [0.1, 0.15) is 5.75 Å². The summed E-state index contributed by atoms with van der Waals surface area (Å²) < 4.78 is 5.36. The predicted octanol–water partition coefficient (Wildman–Crippen LogP) is 2.32. The van der Waals surface area contributed by atoms with Crippen LogP contribution in [0.25, 0.3) is 0 Å². The zero-order chi connectivity index (χ0) is 14.1. The van der Waals surface area contributed by atoms with Gasteiger partial charge in [-0.2, -0.15) is 0 Å². The van der Waals surface area contributed by atoms with Crippen molar-refractivity contribution in [3.8, 4) is 5.75 Å². The van der Waals surface area contributed by atoms with Crippen LogP contribution in [0.5, 0.6) is 5.75 Å². The average molecular weight is 264 g/mol. The molecule has 0 fully saturated rings. The number of methoxy groups -OCH3 is 1. The fourth-order valence-electron chi connectivity index (χ4n) is 2.23. The molecule has 0 aliphatic rings. The zero-order valence-corrected chi connectivity index (χ0v) is 12.7. The van der Waals surface area contributed by atoms with E-state index in [0.29, 0.717) is 11.8 Å². The summed E-state index contributed by atoms with van der Waals surface area (Å²) in [4.78, 5) is 0. The zero-order valence-electron chi connectivity index (χ0n) is 12.7. The molecule has 19 heavy (non-hydrogen) atoms. The average Bonchev–Trinajstić information content (AvgIpc) is 2.42. The lowest BCUT2D eigenvalue weighted by molar-refractivity contribution is 0.353. The molecular formula is C16H28N2O. The van der Waals surface area contributed by atoms with Crippen molar-refractivity contribution in [3.05, 3.63) is 29.8 Å². The molecule has 0 aromatic heterocycles. The minimum absolute atomic E-state index is 0.683. The van der Waals surface area contributed by atoms with Crippen LogP contribution in [0.4, 0.5) is 0 Å². The summed E-state index contributed by atoms with van der Waals surface area (Å²) in [6.07, 6.45) is 1.01.